The summed E-state index contributed by atoms with van der Waals surface area (Å²) in [4.78, 5) is 0. The number of aliphatic hydroxyl groups excluding tert-OH is 7. The van der Waals surface area contributed by atoms with Crippen molar-refractivity contribution in [1.82, 2.24) is 0 Å². The van der Waals surface area contributed by atoms with Gasteiger partial charge in [-0.1, -0.05) is 0 Å². The van der Waals surface area contributed by atoms with Crippen LogP contribution in [0, 0.1) is 0 Å². The van der Waals surface area contributed by atoms with Crippen molar-refractivity contribution in [1.29, 1.82) is 0 Å². The summed E-state index contributed by atoms with van der Waals surface area (Å²) in [6.07, 6.45) is -12.8. The molecule has 2 rings (SSSR count). The van der Waals surface area contributed by atoms with Gasteiger partial charge in [-0.15, -0.1) is 0 Å². The summed E-state index contributed by atoms with van der Waals surface area (Å²) in [6.45, 7) is -1.96. The summed E-state index contributed by atoms with van der Waals surface area (Å²) in [5.41, 5.74) is 0. The quantitative estimate of drug-likeness (QED) is 0.228. The van der Waals surface area contributed by atoms with Crippen LogP contribution in [0.25, 0.3) is 0 Å². The van der Waals surface area contributed by atoms with Gasteiger partial charge in [-0.2, -0.15) is 0 Å². The second-order valence-electron chi connectivity index (χ2n) is 5.63. The van der Waals surface area contributed by atoms with Gasteiger partial charge in [0.05, 0.1) is 13.2 Å². The molecule has 11 heteroatoms. The molecule has 0 aliphatic carbocycles. The molecule has 136 valence electrons. The standard InChI is InChI=1S/C12H22O11/c13-1-4-7(16)10(19)12(20,3-21-4)23-11-9(18)8(17)6(15)5(2-14)22-11/h4-11,13-20H,1-3H2/t4-,5-,6-,7-,8+,9-,10+,11-,12+/m1/s1. The zero-order chi connectivity index (χ0) is 17.4. The highest BCUT2D eigenvalue weighted by atomic mass is 16.8. The second kappa shape index (κ2) is 7.21. The van der Waals surface area contributed by atoms with Crippen LogP contribution < -0.4 is 0 Å². The Bertz CT molecular complexity index is 393. The molecule has 0 aromatic heterocycles. The third-order valence-electron chi connectivity index (χ3n) is 4.02. The maximum atomic E-state index is 10.3. The van der Waals surface area contributed by atoms with Crippen molar-refractivity contribution in [2.75, 3.05) is 19.8 Å². The van der Waals surface area contributed by atoms with Crippen LogP contribution in [0.1, 0.15) is 0 Å². The van der Waals surface area contributed by atoms with Crippen molar-refractivity contribution >= 4 is 0 Å². The predicted octanol–water partition coefficient (Wildman–Crippen LogP) is -5.40. The first kappa shape index (κ1) is 18.9. The lowest BCUT2D eigenvalue weighted by atomic mass is 9.96. The third-order valence-corrected chi connectivity index (χ3v) is 4.02. The van der Waals surface area contributed by atoms with Crippen molar-refractivity contribution in [3.8, 4) is 0 Å². The lowest BCUT2D eigenvalue weighted by Gasteiger charge is -2.47. The molecule has 2 aliphatic rings. The molecule has 23 heavy (non-hydrogen) atoms. The second-order valence-corrected chi connectivity index (χ2v) is 5.63. The lowest BCUT2D eigenvalue weighted by Crippen LogP contribution is -2.67. The summed E-state index contributed by atoms with van der Waals surface area (Å²) in [7, 11) is 0. The molecule has 11 nitrogen and oxygen atoms in total. The van der Waals surface area contributed by atoms with Gasteiger partial charge in [0.15, 0.2) is 6.29 Å². The summed E-state index contributed by atoms with van der Waals surface area (Å²) in [6, 6.07) is 0. The minimum Gasteiger partial charge on any atom is -0.394 e. The van der Waals surface area contributed by atoms with Gasteiger partial charge in [0, 0.05) is 0 Å². The van der Waals surface area contributed by atoms with Crippen LogP contribution in [0.2, 0.25) is 0 Å². The zero-order valence-corrected chi connectivity index (χ0v) is 12.0. The summed E-state index contributed by atoms with van der Waals surface area (Å²) >= 11 is 0. The van der Waals surface area contributed by atoms with Crippen LogP contribution >= 0.6 is 0 Å². The third kappa shape index (κ3) is 3.50. The van der Waals surface area contributed by atoms with Crippen molar-refractivity contribution in [2.24, 2.45) is 0 Å². The molecular formula is C12H22O11. The monoisotopic (exact) mass is 342 g/mol. The molecule has 0 spiro atoms. The van der Waals surface area contributed by atoms with E-state index >= 15 is 0 Å². The molecule has 0 unspecified atom stereocenters. The zero-order valence-electron chi connectivity index (χ0n) is 12.0. The van der Waals surface area contributed by atoms with E-state index in [2.05, 4.69) is 0 Å². The van der Waals surface area contributed by atoms with Crippen molar-refractivity contribution in [3.05, 3.63) is 0 Å². The molecule has 2 fully saturated rings. The average molecular weight is 342 g/mol. The number of aliphatic hydroxyl groups is 8. The minimum absolute atomic E-state index is 0.603. The molecule has 0 amide bonds. The van der Waals surface area contributed by atoms with E-state index < -0.39 is 74.6 Å². The Morgan fingerprint density at radius 2 is 1.48 bits per heavy atom. The normalized spacial score (nSPS) is 51.7. The van der Waals surface area contributed by atoms with E-state index in [-0.39, 0.29) is 0 Å². The van der Waals surface area contributed by atoms with Crippen LogP contribution in [0.4, 0.5) is 0 Å². The fourth-order valence-electron chi connectivity index (χ4n) is 2.51. The molecule has 9 atom stereocenters. The largest absolute Gasteiger partial charge is 0.394 e. The van der Waals surface area contributed by atoms with Gasteiger partial charge in [0.2, 0.25) is 5.79 Å². The molecular weight excluding hydrogens is 320 g/mol. The van der Waals surface area contributed by atoms with Crippen LogP contribution in [0.5, 0.6) is 0 Å². The van der Waals surface area contributed by atoms with Crippen molar-refractivity contribution in [2.45, 2.75) is 54.8 Å². The average Bonchev–Trinajstić information content (AvgIpc) is 2.54. The lowest BCUT2D eigenvalue weighted by molar-refractivity contribution is -0.407. The van der Waals surface area contributed by atoms with Gasteiger partial charge in [0.1, 0.15) is 49.3 Å². The highest BCUT2D eigenvalue weighted by Crippen LogP contribution is 2.31. The van der Waals surface area contributed by atoms with Crippen LogP contribution in [0.15, 0.2) is 0 Å². The van der Waals surface area contributed by atoms with E-state index in [1.807, 2.05) is 0 Å². The Kier molecular flexibility index (Phi) is 5.92. The van der Waals surface area contributed by atoms with E-state index in [1.165, 1.54) is 0 Å². The number of rotatable bonds is 4. The SMILES string of the molecule is OC[C@H]1OC[C@](O)(O[C@H]2O[C@H](CO)[C@@H](O)[C@H](O)[C@H]2O)[C@@H](O)[C@@H]1O. The molecule has 2 saturated heterocycles. The van der Waals surface area contributed by atoms with Crippen LogP contribution in [0.3, 0.4) is 0 Å². The number of hydrogen-bond donors (Lipinski definition) is 8. The maximum absolute atomic E-state index is 10.3. The minimum atomic E-state index is -2.50. The molecule has 2 aliphatic heterocycles. The molecule has 0 saturated carbocycles. The van der Waals surface area contributed by atoms with Gasteiger partial charge in [-0.05, 0) is 0 Å². The Morgan fingerprint density at radius 1 is 0.870 bits per heavy atom. The van der Waals surface area contributed by atoms with Gasteiger partial charge in [-0.25, -0.2) is 0 Å². The topological polar surface area (TPSA) is 190 Å². The van der Waals surface area contributed by atoms with Crippen molar-refractivity contribution in [3.63, 3.8) is 0 Å². The Labute approximate surface area is 130 Å². The Hall–Kier alpha value is -0.440. The Balaban J connectivity index is 2.10. The fraction of sp³-hybridized carbons (Fsp3) is 1.00. The molecule has 0 aromatic carbocycles. The molecule has 0 radical (unpaired) electrons. The van der Waals surface area contributed by atoms with Gasteiger partial charge in [-0.3, -0.25) is 0 Å². The smallest absolute Gasteiger partial charge is 0.221 e. The van der Waals surface area contributed by atoms with E-state index in [9.17, 15) is 30.6 Å². The van der Waals surface area contributed by atoms with Gasteiger partial charge < -0.3 is 55.1 Å². The first-order valence-electron chi connectivity index (χ1n) is 7.04. The van der Waals surface area contributed by atoms with Crippen LogP contribution in [-0.2, 0) is 14.2 Å². The van der Waals surface area contributed by atoms with Gasteiger partial charge in [0.25, 0.3) is 0 Å². The highest BCUT2D eigenvalue weighted by Gasteiger charge is 2.54. The molecule has 8 N–H and O–H groups in total. The summed E-state index contributed by atoms with van der Waals surface area (Å²) < 4.78 is 15.1. The fourth-order valence-corrected chi connectivity index (χ4v) is 2.51. The van der Waals surface area contributed by atoms with E-state index in [1.54, 1.807) is 0 Å². The number of ether oxygens (including phenoxy) is 3. The van der Waals surface area contributed by atoms with Gasteiger partial charge >= 0.3 is 0 Å². The molecule has 2 heterocycles. The Morgan fingerprint density at radius 3 is 2.04 bits per heavy atom. The van der Waals surface area contributed by atoms with Crippen molar-refractivity contribution < 1.29 is 55.1 Å². The van der Waals surface area contributed by atoms with E-state index in [0.717, 1.165) is 0 Å². The summed E-state index contributed by atoms with van der Waals surface area (Å²) in [5, 5.41) is 77.2. The summed E-state index contributed by atoms with van der Waals surface area (Å²) in [5.74, 6) is -2.50. The maximum Gasteiger partial charge on any atom is 0.221 e. The molecule has 0 bridgehead atoms. The van der Waals surface area contributed by atoms with E-state index in [4.69, 9.17) is 24.4 Å². The highest BCUT2D eigenvalue weighted by molar-refractivity contribution is 4.95. The predicted molar refractivity (Wildman–Crippen MR) is 68.6 cm³/mol. The first-order chi connectivity index (χ1) is 10.7. The molecule has 0 aromatic rings. The van der Waals surface area contributed by atoms with E-state index in [0.29, 0.717) is 0 Å². The van der Waals surface area contributed by atoms with Crippen LogP contribution in [-0.4, -0.2) is 115 Å². The first-order valence-corrected chi connectivity index (χ1v) is 7.04. The number of hydrogen-bond acceptors (Lipinski definition) is 11.